The molecule has 1 aromatic carbocycles. The van der Waals surface area contributed by atoms with Crippen molar-refractivity contribution in [2.75, 3.05) is 13.0 Å². The maximum Gasteiger partial charge on any atom is 0.131 e. The molecule has 1 aromatic rings. The zero-order valence-electron chi connectivity index (χ0n) is 10.5. The highest BCUT2D eigenvalue weighted by molar-refractivity contribution is 6.17. The van der Waals surface area contributed by atoms with E-state index in [4.69, 9.17) is 16.3 Å². The quantitative estimate of drug-likeness (QED) is 0.792. The standard InChI is InChI=1S/C13H19ClFNO/c1-13(2,6-7-14)16-9-10-4-5-11(17-3)8-12(10)15/h4-5,8,16H,6-7,9H2,1-3H3. The van der Waals surface area contributed by atoms with Crippen LogP contribution in [0.4, 0.5) is 4.39 Å². The van der Waals surface area contributed by atoms with Gasteiger partial charge in [0, 0.05) is 29.6 Å². The summed E-state index contributed by atoms with van der Waals surface area (Å²) >= 11 is 5.71. The first kappa shape index (κ1) is 14.3. The van der Waals surface area contributed by atoms with Crippen LogP contribution in [0.2, 0.25) is 0 Å². The summed E-state index contributed by atoms with van der Waals surface area (Å²) in [7, 11) is 1.52. The molecular formula is C13H19ClFNO. The predicted molar refractivity (Wildman–Crippen MR) is 69.2 cm³/mol. The highest BCUT2D eigenvalue weighted by Gasteiger charge is 2.16. The van der Waals surface area contributed by atoms with Crippen molar-refractivity contribution < 1.29 is 9.13 Å². The Kier molecular flexibility index (Phi) is 5.22. The molecule has 2 nitrogen and oxygen atoms in total. The van der Waals surface area contributed by atoms with Crippen LogP contribution in [0.15, 0.2) is 18.2 Å². The summed E-state index contributed by atoms with van der Waals surface area (Å²) in [5, 5.41) is 3.29. The summed E-state index contributed by atoms with van der Waals surface area (Å²) in [5.41, 5.74) is 0.544. The Bertz CT molecular complexity index is 368. The number of halogens is 2. The molecule has 0 bridgehead atoms. The fourth-order valence-electron chi connectivity index (χ4n) is 1.46. The van der Waals surface area contributed by atoms with Crippen LogP contribution >= 0.6 is 11.6 Å². The minimum Gasteiger partial charge on any atom is -0.497 e. The molecule has 0 heterocycles. The van der Waals surface area contributed by atoms with Crippen molar-refractivity contribution in [3.8, 4) is 5.75 Å². The Morgan fingerprint density at radius 2 is 2.12 bits per heavy atom. The van der Waals surface area contributed by atoms with Gasteiger partial charge in [0.1, 0.15) is 11.6 Å². The van der Waals surface area contributed by atoms with Gasteiger partial charge < -0.3 is 10.1 Å². The van der Waals surface area contributed by atoms with Crippen molar-refractivity contribution in [3.63, 3.8) is 0 Å². The van der Waals surface area contributed by atoms with Crippen LogP contribution in [-0.2, 0) is 6.54 Å². The van der Waals surface area contributed by atoms with Gasteiger partial charge >= 0.3 is 0 Å². The van der Waals surface area contributed by atoms with E-state index in [9.17, 15) is 4.39 Å². The van der Waals surface area contributed by atoms with Crippen LogP contribution < -0.4 is 10.1 Å². The van der Waals surface area contributed by atoms with Gasteiger partial charge in [-0.05, 0) is 26.3 Å². The Hall–Kier alpha value is -0.800. The summed E-state index contributed by atoms with van der Waals surface area (Å²) < 4.78 is 18.6. The Morgan fingerprint density at radius 3 is 2.65 bits per heavy atom. The van der Waals surface area contributed by atoms with Gasteiger partial charge in [0.2, 0.25) is 0 Å². The Morgan fingerprint density at radius 1 is 1.41 bits per heavy atom. The second-order valence-corrected chi connectivity index (χ2v) is 5.01. The van der Waals surface area contributed by atoms with Gasteiger partial charge in [0.25, 0.3) is 0 Å². The maximum atomic E-state index is 13.7. The topological polar surface area (TPSA) is 21.3 Å². The number of hydrogen-bond acceptors (Lipinski definition) is 2. The number of benzene rings is 1. The molecule has 0 aliphatic heterocycles. The molecule has 0 aliphatic carbocycles. The fraction of sp³-hybridized carbons (Fsp3) is 0.538. The molecule has 0 saturated heterocycles. The minimum atomic E-state index is -0.251. The van der Waals surface area contributed by atoms with Crippen molar-refractivity contribution in [3.05, 3.63) is 29.6 Å². The molecule has 0 radical (unpaired) electrons. The number of nitrogens with one attached hydrogen (secondary N) is 1. The van der Waals surface area contributed by atoms with Crippen LogP contribution in [0.3, 0.4) is 0 Å². The van der Waals surface area contributed by atoms with E-state index in [-0.39, 0.29) is 11.4 Å². The lowest BCUT2D eigenvalue weighted by Gasteiger charge is -2.25. The lowest BCUT2D eigenvalue weighted by molar-refractivity contribution is 0.371. The molecule has 17 heavy (non-hydrogen) atoms. The molecule has 96 valence electrons. The van der Waals surface area contributed by atoms with Crippen molar-refractivity contribution in [1.82, 2.24) is 5.32 Å². The highest BCUT2D eigenvalue weighted by Crippen LogP contribution is 2.17. The van der Waals surface area contributed by atoms with Gasteiger partial charge in [0.15, 0.2) is 0 Å². The molecule has 1 N–H and O–H groups in total. The molecular weight excluding hydrogens is 241 g/mol. The number of hydrogen-bond donors (Lipinski definition) is 1. The van der Waals surface area contributed by atoms with Crippen LogP contribution in [0.25, 0.3) is 0 Å². The highest BCUT2D eigenvalue weighted by atomic mass is 35.5. The van der Waals surface area contributed by atoms with Crippen LogP contribution in [-0.4, -0.2) is 18.5 Å². The molecule has 0 fully saturated rings. The molecule has 0 aliphatic rings. The Balaban J connectivity index is 2.63. The second kappa shape index (κ2) is 6.22. The van der Waals surface area contributed by atoms with E-state index in [1.54, 1.807) is 12.1 Å². The third-order valence-corrected chi connectivity index (χ3v) is 2.93. The minimum absolute atomic E-state index is 0.0892. The number of ether oxygens (including phenoxy) is 1. The number of methoxy groups -OCH3 is 1. The number of rotatable bonds is 6. The van der Waals surface area contributed by atoms with Gasteiger partial charge in [-0.25, -0.2) is 4.39 Å². The first-order valence-corrected chi connectivity index (χ1v) is 6.15. The largest absolute Gasteiger partial charge is 0.497 e. The fourth-order valence-corrected chi connectivity index (χ4v) is 1.93. The van der Waals surface area contributed by atoms with Crippen molar-refractivity contribution in [2.45, 2.75) is 32.4 Å². The molecule has 0 amide bonds. The lowest BCUT2D eigenvalue weighted by Crippen LogP contribution is -2.39. The van der Waals surface area contributed by atoms with Crippen molar-refractivity contribution in [1.29, 1.82) is 0 Å². The molecule has 1 rings (SSSR count). The summed E-state index contributed by atoms with van der Waals surface area (Å²) in [6, 6.07) is 4.89. The monoisotopic (exact) mass is 259 g/mol. The van der Waals surface area contributed by atoms with Crippen LogP contribution in [0.5, 0.6) is 5.75 Å². The normalized spacial score (nSPS) is 11.6. The summed E-state index contributed by atoms with van der Waals surface area (Å²) in [6.45, 7) is 4.59. The number of alkyl halides is 1. The molecule has 0 saturated carbocycles. The van der Waals surface area contributed by atoms with Gasteiger partial charge in [-0.3, -0.25) is 0 Å². The SMILES string of the molecule is COc1ccc(CNC(C)(C)CCCl)c(F)c1. The average molecular weight is 260 g/mol. The van der Waals surface area contributed by atoms with Gasteiger partial charge in [-0.2, -0.15) is 0 Å². The van der Waals surface area contributed by atoms with Crippen LogP contribution in [0.1, 0.15) is 25.8 Å². The van der Waals surface area contributed by atoms with Crippen LogP contribution in [0, 0.1) is 5.82 Å². The molecule has 0 atom stereocenters. The van der Waals surface area contributed by atoms with E-state index in [1.165, 1.54) is 13.2 Å². The van der Waals surface area contributed by atoms with Crippen molar-refractivity contribution >= 4 is 11.6 Å². The second-order valence-electron chi connectivity index (χ2n) is 4.63. The first-order valence-electron chi connectivity index (χ1n) is 5.62. The zero-order chi connectivity index (χ0) is 12.9. The zero-order valence-corrected chi connectivity index (χ0v) is 11.3. The van der Waals surface area contributed by atoms with E-state index in [0.29, 0.717) is 23.7 Å². The molecule has 0 spiro atoms. The van der Waals surface area contributed by atoms with Gasteiger partial charge in [0.05, 0.1) is 7.11 Å². The third kappa shape index (κ3) is 4.52. The summed E-state index contributed by atoms with van der Waals surface area (Å²) in [6.07, 6.45) is 0.840. The van der Waals surface area contributed by atoms with E-state index in [2.05, 4.69) is 19.2 Å². The van der Waals surface area contributed by atoms with E-state index < -0.39 is 0 Å². The smallest absolute Gasteiger partial charge is 0.131 e. The third-order valence-electron chi connectivity index (χ3n) is 2.74. The van der Waals surface area contributed by atoms with E-state index in [1.807, 2.05) is 0 Å². The Labute approximate surface area is 107 Å². The maximum absolute atomic E-state index is 13.7. The predicted octanol–water partition coefficient (Wildman–Crippen LogP) is 3.33. The molecule has 0 unspecified atom stereocenters. The van der Waals surface area contributed by atoms with E-state index in [0.717, 1.165) is 6.42 Å². The first-order chi connectivity index (χ1) is 7.98. The molecule has 4 heteroatoms. The van der Waals surface area contributed by atoms with Gasteiger partial charge in [-0.1, -0.05) is 6.07 Å². The lowest BCUT2D eigenvalue weighted by atomic mass is 10.0. The van der Waals surface area contributed by atoms with Crippen molar-refractivity contribution in [2.24, 2.45) is 0 Å². The molecule has 0 aromatic heterocycles. The van der Waals surface area contributed by atoms with Gasteiger partial charge in [-0.15, -0.1) is 11.6 Å². The summed E-state index contributed by atoms with van der Waals surface area (Å²) in [4.78, 5) is 0. The average Bonchev–Trinajstić information content (AvgIpc) is 2.27. The van der Waals surface area contributed by atoms with E-state index >= 15 is 0 Å². The summed E-state index contributed by atoms with van der Waals surface area (Å²) in [5.74, 6) is 0.871.